The van der Waals surface area contributed by atoms with Crippen LogP contribution in [0.5, 0.6) is 0 Å². The maximum atomic E-state index is 13.5. The third kappa shape index (κ3) is 3.47. The minimum Gasteiger partial charge on any atom is -0.364 e. The van der Waals surface area contributed by atoms with Gasteiger partial charge >= 0.3 is 6.18 Å². The van der Waals surface area contributed by atoms with Gasteiger partial charge in [0.25, 0.3) is 11.6 Å². The summed E-state index contributed by atoms with van der Waals surface area (Å²) in [4.78, 5) is 22.9. The van der Waals surface area contributed by atoms with Gasteiger partial charge < -0.3 is 10.3 Å². The van der Waals surface area contributed by atoms with Crippen molar-refractivity contribution >= 4 is 22.5 Å². The largest absolute Gasteiger partial charge is 0.417 e. The average molecular weight is 439 g/mol. The molecule has 0 saturated heterocycles. The topological polar surface area (TPSA) is 91.2 Å². The molecule has 1 amide bonds. The van der Waals surface area contributed by atoms with Crippen LogP contribution in [0, 0.1) is 17.0 Å². The molecule has 1 aromatic heterocycles. The van der Waals surface area contributed by atoms with E-state index < -0.39 is 22.6 Å². The first-order valence-corrected chi connectivity index (χ1v) is 9.46. The number of alkyl halides is 3. The highest BCUT2D eigenvalue weighted by Gasteiger charge is 2.33. The molecule has 1 heterocycles. The van der Waals surface area contributed by atoms with Crippen LogP contribution in [0.15, 0.2) is 66.7 Å². The maximum Gasteiger partial charge on any atom is 0.417 e. The van der Waals surface area contributed by atoms with Crippen LogP contribution >= 0.6 is 0 Å². The molecular weight excluding hydrogens is 423 g/mol. The Bertz CT molecular complexity index is 1390. The van der Waals surface area contributed by atoms with Gasteiger partial charge in [-0.2, -0.15) is 13.2 Å². The number of amides is 1. The molecule has 0 aliphatic rings. The number of hydrogen-bond donors (Lipinski definition) is 1. The van der Waals surface area contributed by atoms with Crippen LogP contribution < -0.4 is 5.73 Å². The second kappa shape index (κ2) is 7.52. The van der Waals surface area contributed by atoms with Gasteiger partial charge in [0, 0.05) is 23.2 Å². The molecule has 0 aliphatic heterocycles. The number of rotatable bonds is 4. The predicted octanol–water partition coefficient (Wildman–Crippen LogP) is 5.63. The van der Waals surface area contributed by atoms with E-state index in [0.717, 1.165) is 6.07 Å². The van der Waals surface area contributed by atoms with Crippen molar-refractivity contribution in [2.45, 2.75) is 13.1 Å². The molecule has 162 valence electrons. The van der Waals surface area contributed by atoms with E-state index >= 15 is 0 Å². The number of aryl methyl sites for hydroxylation is 1. The number of nitro groups is 1. The summed E-state index contributed by atoms with van der Waals surface area (Å²) in [6, 6.07) is 15.6. The number of halogens is 3. The number of nitro benzene ring substituents is 1. The maximum absolute atomic E-state index is 13.5. The molecule has 2 N–H and O–H groups in total. The van der Waals surface area contributed by atoms with Crippen LogP contribution in [0.2, 0.25) is 0 Å². The molecule has 32 heavy (non-hydrogen) atoms. The highest BCUT2D eigenvalue weighted by molar-refractivity contribution is 6.02. The Labute approximate surface area is 179 Å². The molecule has 0 fully saturated rings. The Morgan fingerprint density at radius 1 is 1.03 bits per heavy atom. The van der Waals surface area contributed by atoms with E-state index in [0.29, 0.717) is 27.7 Å². The number of nitrogens with two attached hydrogens (primary N) is 1. The number of carbonyl (C=O) groups is 1. The minimum absolute atomic E-state index is 0.00806. The van der Waals surface area contributed by atoms with Crippen LogP contribution in [0.1, 0.15) is 21.6 Å². The van der Waals surface area contributed by atoms with Crippen molar-refractivity contribution in [2.75, 3.05) is 0 Å². The fourth-order valence-electron chi connectivity index (χ4n) is 3.91. The van der Waals surface area contributed by atoms with Crippen molar-refractivity contribution in [3.8, 4) is 16.8 Å². The Balaban J connectivity index is 1.99. The van der Waals surface area contributed by atoms with Crippen molar-refractivity contribution in [1.29, 1.82) is 0 Å². The summed E-state index contributed by atoms with van der Waals surface area (Å²) >= 11 is 0. The Hall–Kier alpha value is -4.14. The molecule has 3 aromatic carbocycles. The summed E-state index contributed by atoms with van der Waals surface area (Å²) < 4.78 is 42.1. The number of aromatic nitrogens is 1. The lowest BCUT2D eigenvalue weighted by atomic mass is 9.99. The second-order valence-corrected chi connectivity index (χ2v) is 7.23. The van der Waals surface area contributed by atoms with E-state index in [-0.39, 0.29) is 16.9 Å². The van der Waals surface area contributed by atoms with Gasteiger partial charge in [-0.3, -0.25) is 14.9 Å². The molecule has 0 radical (unpaired) electrons. The van der Waals surface area contributed by atoms with E-state index in [1.807, 2.05) is 0 Å². The highest BCUT2D eigenvalue weighted by Crippen LogP contribution is 2.38. The Kier molecular flexibility index (Phi) is 4.96. The first-order valence-electron chi connectivity index (χ1n) is 9.46. The third-order valence-corrected chi connectivity index (χ3v) is 5.30. The summed E-state index contributed by atoms with van der Waals surface area (Å²) in [7, 11) is 0. The van der Waals surface area contributed by atoms with Gasteiger partial charge in [0.05, 0.1) is 16.0 Å². The molecule has 0 atom stereocenters. The summed E-state index contributed by atoms with van der Waals surface area (Å²) in [6.07, 6.45) is -4.54. The lowest BCUT2D eigenvalue weighted by molar-refractivity contribution is -0.384. The molecular formula is C23H16F3N3O3. The average Bonchev–Trinajstić information content (AvgIpc) is 3.05. The number of hydrogen-bond acceptors (Lipinski definition) is 3. The first-order chi connectivity index (χ1) is 15.1. The third-order valence-electron chi connectivity index (χ3n) is 5.30. The molecule has 0 bridgehead atoms. The van der Waals surface area contributed by atoms with E-state index in [1.54, 1.807) is 25.1 Å². The molecule has 0 aliphatic carbocycles. The molecule has 9 heteroatoms. The monoisotopic (exact) mass is 439 g/mol. The number of fused-ring (bicyclic) bond motifs is 1. The zero-order valence-corrected chi connectivity index (χ0v) is 16.7. The van der Waals surface area contributed by atoms with E-state index in [2.05, 4.69) is 0 Å². The predicted molar refractivity (Wildman–Crippen MR) is 114 cm³/mol. The van der Waals surface area contributed by atoms with Gasteiger partial charge in [0.15, 0.2) is 0 Å². The number of benzene rings is 3. The smallest absolute Gasteiger partial charge is 0.364 e. The molecule has 0 saturated carbocycles. The SMILES string of the molecule is Cc1c(C(N)=O)n(-c2cccc(-c3ccccc3C(F)(F)F)c2)c2ccc([N+](=O)[O-])cc12. The van der Waals surface area contributed by atoms with Crippen molar-refractivity contribution < 1.29 is 22.9 Å². The van der Waals surface area contributed by atoms with E-state index in [9.17, 15) is 28.1 Å². The van der Waals surface area contributed by atoms with Crippen LogP contribution in [0.4, 0.5) is 18.9 Å². The van der Waals surface area contributed by atoms with Crippen molar-refractivity contribution in [3.63, 3.8) is 0 Å². The fourth-order valence-corrected chi connectivity index (χ4v) is 3.91. The van der Waals surface area contributed by atoms with Crippen molar-refractivity contribution in [1.82, 2.24) is 4.57 Å². The van der Waals surface area contributed by atoms with E-state index in [1.165, 1.54) is 47.0 Å². The Morgan fingerprint density at radius 3 is 2.41 bits per heavy atom. The summed E-state index contributed by atoms with van der Waals surface area (Å²) in [6.45, 7) is 1.62. The van der Waals surface area contributed by atoms with Crippen LogP contribution in [0.3, 0.4) is 0 Å². The van der Waals surface area contributed by atoms with Gasteiger partial charge in [-0.05, 0) is 47.9 Å². The standard InChI is InChI=1S/C23H16F3N3O3/c1-13-18-12-16(29(31)32)9-10-20(18)28(21(13)22(27)30)15-6-4-5-14(11-15)17-7-2-3-8-19(17)23(24,25)26/h2-12H,1H3,(H2,27,30). The molecule has 4 aromatic rings. The lowest BCUT2D eigenvalue weighted by Gasteiger charge is -2.15. The zero-order chi connectivity index (χ0) is 23.2. The lowest BCUT2D eigenvalue weighted by Crippen LogP contribution is -2.17. The van der Waals surface area contributed by atoms with Crippen molar-refractivity contribution in [3.05, 3.63) is 93.7 Å². The minimum atomic E-state index is -4.54. The number of primary amides is 1. The van der Waals surface area contributed by atoms with Gasteiger partial charge in [-0.25, -0.2) is 0 Å². The normalized spacial score (nSPS) is 11.6. The summed E-state index contributed by atoms with van der Waals surface area (Å²) in [5.41, 5.74) is 6.38. The first kappa shape index (κ1) is 21.1. The zero-order valence-electron chi connectivity index (χ0n) is 16.7. The Morgan fingerprint density at radius 2 is 1.75 bits per heavy atom. The molecule has 0 spiro atoms. The highest BCUT2D eigenvalue weighted by atomic mass is 19.4. The fraction of sp³-hybridized carbons (Fsp3) is 0.0870. The second-order valence-electron chi connectivity index (χ2n) is 7.23. The quantitative estimate of drug-likeness (QED) is 0.330. The number of non-ortho nitro benzene ring substituents is 1. The van der Waals surface area contributed by atoms with Crippen LogP contribution in [-0.2, 0) is 6.18 Å². The summed E-state index contributed by atoms with van der Waals surface area (Å²) in [5, 5.41) is 11.6. The van der Waals surface area contributed by atoms with Crippen molar-refractivity contribution in [2.24, 2.45) is 5.73 Å². The van der Waals surface area contributed by atoms with Gasteiger partial charge in [-0.15, -0.1) is 0 Å². The van der Waals surface area contributed by atoms with Crippen LogP contribution in [-0.4, -0.2) is 15.4 Å². The molecule has 6 nitrogen and oxygen atoms in total. The van der Waals surface area contributed by atoms with Crippen LogP contribution in [0.25, 0.3) is 27.7 Å². The summed E-state index contributed by atoms with van der Waals surface area (Å²) in [5.74, 6) is -0.762. The number of carbonyl (C=O) groups excluding carboxylic acids is 1. The number of nitrogens with zero attached hydrogens (tertiary/aromatic N) is 2. The van der Waals surface area contributed by atoms with Gasteiger partial charge in [0.2, 0.25) is 0 Å². The van der Waals surface area contributed by atoms with E-state index in [4.69, 9.17) is 5.73 Å². The van der Waals surface area contributed by atoms with Gasteiger partial charge in [0.1, 0.15) is 5.69 Å². The van der Waals surface area contributed by atoms with Gasteiger partial charge in [-0.1, -0.05) is 30.3 Å². The molecule has 4 rings (SSSR count). The molecule has 0 unspecified atom stereocenters.